The number of halogens is 2. The Kier molecular flexibility index (Phi) is 4.86. The van der Waals surface area contributed by atoms with Crippen molar-refractivity contribution in [2.24, 2.45) is 23.7 Å². The predicted octanol–water partition coefficient (Wildman–Crippen LogP) is 2.41. The number of anilines is 1. The second kappa shape index (κ2) is 6.95. The minimum Gasteiger partial charge on any atom is -0.478 e. The zero-order chi connectivity index (χ0) is 20.3. The molecule has 2 aliphatic carbocycles. The molecule has 148 valence electrons. The summed E-state index contributed by atoms with van der Waals surface area (Å²) in [5.41, 5.74) is 1.09. The van der Waals surface area contributed by atoms with Crippen LogP contribution in [0, 0.1) is 30.6 Å². The second-order valence-corrected chi connectivity index (χ2v) is 9.76. The molecule has 0 unspecified atom stereocenters. The number of aryl methyl sites for hydroxylation is 1. The van der Waals surface area contributed by atoms with Gasteiger partial charge in [0, 0.05) is 15.3 Å². The Labute approximate surface area is 178 Å². The van der Waals surface area contributed by atoms with E-state index in [0.29, 0.717) is 11.3 Å². The van der Waals surface area contributed by atoms with Gasteiger partial charge in [-0.2, -0.15) is 0 Å². The van der Waals surface area contributed by atoms with Gasteiger partial charge in [-0.1, -0.05) is 37.9 Å². The summed E-state index contributed by atoms with van der Waals surface area (Å²) in [6.45, 7) is 1.38. The Morgan fingerprint density at radius 2 is 1.71 bits per heavy atom. The molecule has 3 fully saturated rings. The van der Waals surface area contributed by atoms with Gasteiger partial charge < -0.3 is 10.4 Å². The largest absolute Gasteiger partial charge is 0.478 e. The molecule has 3 aliphatic rings. The maximum Gasteiger partial charge on any atom is 0.335 e. The molecule has 6 atom stereocenters. The van der Waals surface area contributed by atoms with E-state index in [2.05, 4.69) is 37.2 Å². The highest BCUT2D eigenvalue weighted by Gasteiger charge is 2.66. The van der Waals surface area contributed by atoms with Crippen molar-refractivity contribution >= 4 is 61.2 Å². The number of amides is 3. The number of fused-ring (bicyclic) bond motifs is 5. The van der Waals surface area contributed by atoms with Crippen molar-refractivity contribution in [3.63, 3.8) is 0 Å². The van der Waals surface area contributed by atoms with E-state index >= 15 is 0 Å². The van der Waals surface area contributed by atoms with Crippen LogP contribution in [0.3, 0.4) is 0 Å². The molecule has 1 aromatic carbocycles. The highest BCUT2D eigenvalue weighted by Crippen LogP contribution is 2.60. The van der Waals surface area contributed by atoms with Crippen LogP contribution in [0.25, 0.3) is 0 Å². The van der Waals surface area contributed by atoms with Crippen molar-refractivity contribution in [1.29, 1.82) is 0 Å². The molecule has 2 bridgehead atoms. The first-order valence-corrected chi connectivity index (χ1v) is 10.8. The zero-order valence-corrected chi connectivity index (χ0v) is 18.1. The Balaban J connectivity index is 1.49. The fourth-order valence-electron chi connectivity index (χ4n) is 4.79. The molecule has 1 saturated heterocycles. The first-order chi connectivity index (χ1) is 13.2. The molecule has 0 spiro atoms. The smallest absolute Gasteiger partial charge is 0.335 e. The monoisotopic (exact) mass is 512 g/mol. The zero-order valence-electron chi connectivity index (χ0n) is 14.9. The van der Waals surface area contributed by atoms with Crippen molar-refractivity contribution in [3.8, 4) is 0 Å². The van der Waals surface area contributed by atoms with E-state index in [1.54, 1.807) is 13.0 Å². The SMILES string of the molecule is Cc1ccc(C(=O)O)cc1NC(=O)CN1C(=O)[C@@H]2[C@H]3C[C@@H]([C@H](Br)[C@H]3Br)[C@H]2C1=O. The first kappa shape index (κ1) is 19.6. The summed E-state index contributed by atoms with van der Waals surface area (Å²) in [6.07, 6.45) is 0.833. The minimum atomic E-state index is -1.10. The molecule has 4 rings (SSSR count). The van der Waals surface area contributed by atoms with Gasteiger partial charge in [-0.3, -0.25) is 19.3 Å². The lowest BCUT2D eigenvalue weighted by Crippen LogP contribution is -2.39. The second-order valence-electron chi connectivity index (χ2n) is 7.65. The number of alkyl halides is 2. The molecule has 1 heterocycles. The number of hydrogen-bond donors (Lipinski definition) is 2. The van der Waals surface area contributed by atoms with Crippen LogP contribution in [0.2, 0.25) is 0 Å². The third kappa shape index (κ3) is 2.90. The summed E-state index contributed by atoms with van der Waals surface area (Å²) in [4.78, 5) is 50.7. The highest BCUT2D eigenvalue weighted by molar-refractivity contribution is 9.12. The number of carbonyl (C=O) groups is 4. The van der Waals surface area contributed by atoms with E-state index in [1.165, 1.54) is 12.1 Å². The molecule has 0 radical (unpaired) electrons. The average Bonchev–Trinajstić information content (AvgIpc) is 3.24. The number of hydrogen-bond acceptors (Lipinski definition) is 4. The normalized spacial score (nSPS) is 33.3. The molecule has 28 heavy (non-hydrogen) atoms. The molecule has 1 aliphatic heterocycles. The number of rotatable bonds is 4. The number of benzene rings is 1. The van der Waals surface area contributed by atoms with E-state index in [-0.39, 0.29) is 57.2 Å². The van der Waals surface area contributed by atoms with Crippen molar-refractivity contribution in [2.45, 2.75) is 23.0 Å². The Morgan fingerprint density at radius 1 is 1.14 bits per heavy atom. The summed E-state index contributed by atoms with van der Waals surface area (Å²) < 4.78 is 0. The molecule has 7 nitrogen and oxygen atoms in total. The summed E-state index contributed by atoms with van der Waals surface area (Å²) >= 11 is 7.26. The van der Waals surface area contributed by atoms with Crippen LogP contribution < -0.4 is 5.32 Å². The molecule has 2 N–H and O–H groups in total. The van der Waals surface area contributed by atoms with Crippen LogP contribution in [0.5, 0.6) is 0 Å². The fraction of sp³-hybridized carbons (Fsp3) is 0.474. The number of nitrogens with zero attached hydrogens (tertiary/aromatic N) is 1. The number of likely N-dealkylation sites (tertiary alicyclic amines) is 1. The third-order valence-electron chi connectivity index (χ3n) is 6.14. The molecule has 0 aromatic heterocycles. The minimum absolute atomic E-state index is 0.0482. The van der Waals surface area contributed by atoms with Crippen molar-refractivity contribution in [3.05, 3.63) is 29.3 Å². The van der Waals surface area contributed by atoms with E-state index < -0.39 is 11.9 Å². The molecule has 3 amide bonds. The number of carboxylic acid groups (broad SMARTS) is 1. The van der Waals surface area contributed by atoms with Crippen LogP contribution in [0.4, 0.5) is 5.69 Å². The average molecular weight is 514 g/mol. The van der Waals surface area contributed by atoms with Crippen LogP contribution in [0.1, 0.15) is 22.3 Å². The van der Waals surface area contributed by atoms with Crippen molar-refractivity contribution in [1.82, 2.24) is 4.90 Å². The van der Waals surface area contributed by atoms with Crippen LogP contribution >= 0.6 is 31.9 Å². The quantitative estimate of drug-likeness (QED) is 0.475. The van der Waals surface area contributed by atoms with Gasteiger partial charge in [0.05, 0.1) is 17.4 Å². The predicted molar refractivity (Wildman–Crippen MR) is 107 cm³/mol. The lowest BCUT2D eigenvalue weighted by atomic mass is 9.81. The van der Waals surface area contributed by atoms with Gasteiger partial charge in [-0.25, -0.2) is 4.79 Å². The molecular formula is C19H18Br2N2O5. The summed E-state index contributed by atoms with van der Waals surface area (Å²) in [6, 6.07) is 4.41. The van der Waals surface area contributed by atoms with E-state index in [9.17, 15) is 19.2 Å². The van der Waals surface area contributed by atoms with Crippen LogP contribution in [0.15, 0.2) is 18.2 Å². The fourth-order valence-corrected chi connectivity index (χ4v) is 6.66. The van der Waals surface area contributed by atoms with Gasteiger partial charge in [-0.15, -0.1) is 0 Å². The number of nitrogens with one attached hydrogen (secondary N) is 1. The molecule has 1 aromatic rings. The van der Waals surface area contributed by atoms with Gasteiger partial charge in [0.2, 0.25) is 17.7 Å². The van der Waals surface area contributed by atoms with E-state index in [4.69, 9.17) is 5.11 Å². The summed E-state index contributed by atoms with van der Waals surface area (Å²) in [7, 11) is 0. The van der Waals surface area contributed by atoms with Crippen molar-refractivity contribution < 1.29 is 24.3 Å². The van der Waals surface area contributed by atoms with Gasteiger partial charge in [0.1, 0.15) is 6.54 Å². The number of carboxylic acids is 1. The van der Waals surface area contributed by atoms with E-state index in [0.717, 1.165) is 11.3 Å². The lowest BCUT2D eigenvalue weighted by Gasteiger charge is -2.28. The van der Waals surface area contributed by atoms with Crippen LogP contribution in [-0.2, 0) is 14.4 Å². The van der Waals surface area contributed by atoms with Gasteiger partial charge >= 0.3 is 5.97 Å². The van der Waals surface area contributed by atoms with E-state index in [1.807, 2.05) is 0 Å². The molecular weight excluding hydrogens is 496 g/mol. The topological polar surface area (TPSA) is 104 Å². The maximum atomic E-state index is 12.8. The Morgan fingerprint density at radius 3 is 2.25 bits per heavy atom. The number of aromatic carboxylic acids is 1. The Bertz CT molecular complexity index is 872. The number of imide groups is 1. The van der Waals surface area contributed by atoms with Gasteiger partial charge in [0.25, 0.3) is 0 Å². The highest BCUT2D eigenvalue weighted by atomic mass is 79.9. The molecule has 2 saturated carbocycles. The maximum absolute atomic E-state index is 12.8. The van der Waals surface area contributed by atoms with Crippen molar-refractivity contribution in [2.75, 3.05) is 11.9 Å². The summed E-state index contributed by atoms with van der Waals surface area (Å²) in [5, 5.41) is 11.7. The number of carbonyl (C=O) groups excluding carboxylic acids is 3. The third-order valence-corrected chi connectivity index (χ3v) is 9.35. The first-order valence-electron chi connectivity index (χ1n) is 8.98. The van der Waals surface area contributed by atoms with Gasteiger partial charge in [0.15, 0.2) is 0 Å². The van der Waals surface area contributed by atoms with Crippen LogP contribution in [-0.4, -0.2) is 49.9 Å². The van der Waals surface area contributed by atoms with Gasteiger partial charge in [-0.05, 0) is 42.9 Å². The lowest BCUT2D eigenvalue weighted by molar-refractivity contribution is -0.143. The summed E-state index contributed by atoms with van der Waals surface area (Å²) in [5.74, 6) is -2.71. The molecule has 9 heteroatoms. The standard InChI is InChI=1S/C19H18Br2N2O5/c1-7-2-3-8(19(27)28)4-11(7)22-12(24)6-23-17(25)13-9-5-10(14(13)18(23)26)16(21)15(9)20/h2-4,9-10,13-16H,5-6H2,1H3,(H,22,24)(H,27,28)/t9-,10-,13-,14-,15+,16+/m1/s1. The Hall–Kier alpha value is -1.74.